The molecule has 0 saturated heterocycles. The number of aromatic nitrogens is 1. The van der Waals surface area contributed by atoms with Gasteiger partial charge in [-0.25, -0.2) is 0 Å². The summed E-state index contributed by atoms with van der Waals surface area (Å²) >= 11 is 12.1. The first-order valence-corrected chi connectivity index (χ1v) is 7.09. The highest BCUT2D eigenvalue weighted by atomic mass is 35.5. The molecule has 0 bridgehead atoms. The van der Waals surface area contributed by atoms with Crippen molar-refractivity contribution in [1.29, 1.82) is 0 Å². The molecule has 1 aliphatic carbocycles. The first-order chi connectivity index (χ1) is 9.22. The molecule has 2 nitrogen and oxygen atoms in total. The summed E-state index contributed by atoms with van der Waals surface area (Å²) in [5.41, 5.74) is 2.24. The van der Waals surface area contributed by atoms with E-state index in [1.165, 1.54) is 5.56 Å². The summed E-state index contributed by atoms with van der Waals surface area (Å²) in [4.78, 5) is 4.08. The number of halogens is 2. The zero-order valence-electron chi connectivity index (χ0n) is 10.3. The zero-order chi connectivity index (χ0) is 13.2. The summed E-state index contributed by atoms with van der Waals surface area (Å²) in [6.07, 6.45) is 5.68. The summed E-state index contributed by atoms with van der Waals surface area (Å²) in [5.74, 6) is 0.589. The van der Waals surface area contributed by atoms with E-state index in [-0.39, 0.29) is 0 Å². The Bertz CT molecular complexity index is 580. The third kappa shape index (κ3) is 2.85. The number of pyridine rings is 1. The van der Waals surface area contributed by atoms with Gasteiger partial charge in [-0.2, -0.15) is 0 Å². The molecule has 4 heteroatoms. The molecule has 2 aromatic rings. The van der Waals surface area contributed by atoms with E-state index in [0.717, 1.165) is 28.6 Å². The lowest BCUT2D eigenvalue weighted by molar-refractivity contribution is 0.374. The molecular weight excluding hydrogens is 279 g/mol. The van der Waals surface area contributed by atoms with Gasteiger partial charge in [0.1, 0.15) is 0 Å². The van der Waals surface area contributed by atoms with E-state index in [0.29, 0.717) is 12.0 Å². The Labute approximate surface area is 122 Å². The Morgan fingerprint density at radius 2 is 2.00 bits per heavy atom. The first kappa shape index (κ1) is 12.8. The molecule has 0 amide bonds. The molecule has 3 rings (SSSR count). The average Bonchev–Trinajstić information content (AvgIpc) is 2.35. The molecule has 0 aliphatic heterocycles. The quantitative estimate of drug-likeness (QED) is 0.883. The van der Waals surface area contributed by atoms with E-state index >= 15 is 0 Å². The van der Waals surface area contributed by atoms with Crippen molar-refractivity contribution in [2.24, 2.45) is 0 Å². The van der Waals surface area contributed by atoms with Gasteiger partial charge in [-0.3, -0.25) is 4.98 Å². The molecule has 1 aliphatic rings. The van der Waals surface area contributed by atoms with Crippen molar-refractivity contribution in [3.8, 4) is 0 Å². The minimum absolute atomic E-state index is 0.464. The van der Waals surface area contributed by atoms with Crippen LogP contribution in [-0.2, 0) is 0 Å². The Kier molecular flexibility index (Phi) is 3.63. The second kappa shape index (κ2) is 5.40. The number of hydrogen-bond donors (Lipinski definition) is 1. The van der Waals surface area contributed by atoms with Crippen LogP contribution in [0.15, 0.2) is 42.7 Å². The molecule has 0 atom stereocenters. The highest BCUT2D eigenvalue weighted by Gasteiger charge is 2.30. The van der Waals surface area contributed by atoms with E-state index in [1.807, 2.05) is 12.1 Å². The lowest BCUT2D eigenvalue weighted by atomic mass is 9.76. The SMILES string of the molecule is Clc1cccc(C2CC(Nc3cnccc3Cl)C2)c1. The van der Waals surface area contributed by atoms with Gasteiger partial charge < -0.3 is 5.32 Å². The van der Waals surface area contributed by atoms with Crippen LogP contribution in [0.4, 0.5) is 5.69 Å². The van der Waals surface area contributed by atoms with Crippen LogP contribution in [0.1, 0.15) is 24.3 Å². The normalized spacial score (nSPS) is 21.8. The Morgan fingerprint density at radius 3 is 2.74 bits per heavy atom. The fourth-order valence-electron chi connectivity index (χ4n) is 2.47. The second-order valence-corrected chi connectivity index (χ2v) is 5.76. The fourth-order valence-corrected chi connectivity index (χ4v) is 2.83. The monoisotopic (exact) mass is 292 g/mol. The van der Waals surface area contributed by atoms with E-state index in [9.17, 15) is 0 Å². The van der Waals surface area contributed by atoms with Crippen molar-refractivity contribution in [3.05, 3.63) is 58.3 Å². The smallest absolute Gasteiger partial charge is 0.0718 e. The Balaban J connectivity index is 1.60. The Hall–Kier alpha value is -1.25. The molecule has 1 aromatic heterocycles. The Morgan fingerprint density at radius 1 is 1.16 bits per heavy atom. The third-order valence-corrected chi connectivity index (χ3v) is 4.15. The number of anilines is 1. The molecule has 0 unspecified atom stereocenters. The topological polar surface area (TPSA) is 24.9 Å². The van der Waals surface area contributed by atoms with Gasteiger partial charge in [0.25, 0.3) is 0 Å². The van der Waals surface area contributed by atoms with Crippen LogP contribution in [0.2, 0.25) is 10.0 Å². The van der Waals surface area contributed by atoms with Crippen molar-refractivity contribution in [1.82, 2.24) is 4.98 Å². The first-order valence-electron chi connectivity index (χ1n) is 6.34. The van der Waals surface area contributed by atoms with Crippen molar-refractivity contribution in [2.75, 3.05) is 5.32 Å². The van der Waals surface area contributed by atoms with Crippen LogP contribution in [-0.4, -0.2) is 11.0 Å². The van der Waals surface area contributed by atoms with Gasteiger partial charge in [0.2, 0.25) is 0 Å². The van der Waals surface area contributed by atoms with Crippen molar-refractivity contribution >= 4 is 28.9 Å². The molecular formula is C15H14Cl2N2. The molecule has 1 N–H and O–H groups in total. The van der Waals surface area contributed by atoms with E-state index < -0.39 is 0 Å². The maximum atomic E-state index is 6.10. The lowest BCUT2D eigenvalue weighted by Gasteiger charge is -2.37. The van der Waals surface area contributed by atoms with Crippen LogP contribution >= 0.6 is 23.2 Å². The largest absolute Gasteiger partial charge is 0.380 e. The van der Waals surface area contributed by atoms with E-state index in [2.05, 4.69) is 22.4 Å². The van der Waals surface area contributed by atoms with Crippen LogP contribution in [0, 0.1) is 0 Å². The maximum Gasteiger partial charge on any atom is 0.0718 e. The fraction of sp³-hybridized carbons (Fsp3) is 0.267. The minimum atomic E-state index is 0.464. The third-order valence-electron chi connectivity index (χ3n) is 3.59. The minimum Gasteiger partial charge on any atom is -0.380 e. The standard InChI is InChI=1S/C15H14Cl2N2/c16-12-3-1-2-10(6-12)11-7-13(8-11)19-15-9-18-5-4-14(15)17/h1-6,9,11,13,19H,7-8H2. The van der Waals surface area contributed by atoms with Crippen LogP contribution in [0.25, 0.3) is 0 Å². The van der Waals surface area contributed by atoms with Crippen molar-refractivity contribution < 1.29 is 0 Å². The van der Waals surface area contributed by atoms with Crippen LogP contribution in [0.3, 0.4) is 0 Å². The molecule has 1 saturated carbocycles. The number of nitrogens with one attached hydrogen (secondary N) is 1. The highest BCUT2D eigenvalue weighted by Crippen LogP contribution is 2.39. The van der Waals surface area contributed by atoms with Gasteiger partial charge in [-0.15, -0.1) is 0 Å². The molecule has 98 valence electrons. The summed E-state index contributed by atoms with van der Waals surface area (Å²) in [6.45, 7) is 0. The second-order valence-electron chi connectivity index (χ2n) is 4.92. The van der Waals surface area contributed by atoms with Crippen LogP contribution < -0.4 is 5.32 Å². The van der Waals surface area contributed by atoms with E-state index in [4.69, 9.17) is 23.2 Å². The highest BCUT2D eigenvalue weighted by molar-refractivity contribution is 6.33. The van der Waals surface area contributed by atoms with Gasteiger partial charge >= 0.3 is 0 Å². The summed E-state index contributed by atoms with van der Waals surface area (Å²) < 4.78 is 0. The predicted octanol–water partition coefficient (Wildman–Crippen LogP) is 4.75. The summed E-state index contributed by atoms with van der Waals surface area (Å²) in [6, 6.07) is 10.4. The zero-order valence-corrected chi connectivity index (χ0v) is 11.8. The van der Waals surface area contributed by atoms with Crippen LogP contribution in [0.5, 0.6) is 0 Å². The summed E-state index contributed by atoms with van der Waals surface area (Å²) in [7, 11) is 0. The maximum absolute atomic E-state index is 6.10. The van der Waals surface area contributed by atoms with Gasteiger partial charge in [0, 0.05) is 17.3 Å². The molecule has 19 heavy (non-hydrogen) atoms. The molecule has 1 fully saturated rings. The van der Waals surface area contributed by atoms with Gasteiger partial charge in [-0.1, -0.05) is 35.3 Å². The molecule has 0 spiro atoms. The lowest BCUT2D eigenvalue weighted by Crippen LogP contribution is -2.34. The number of nitrogens with zero attached hydrogens (tertiary/aromatic N) is 1. The van der Waals surface area contributed by atoms with Crippen molar-refractivity contribution in [3.63, 3.8) is 0 Å². The molecule has 0 radical (unpaired) electrons. The predicted molar refractivity (Wildman–Crippen MR) is 80.1 cm³/mol. The molecule has 1 aromatic carbocycles. The van der Waals surface area contributed by atoms with Gasteiger partial charge in [0.15, 0.2) is 0 Å². The molecule has 1 heterocycles. The van der Waals surface area contributed by atoms with Gasteiger partial charge in [-0.05, 0) is 42.5 Å². The number of hydrogen-bond acceptors (Lipinski definition) is 2. The number of benzene rings is 1. The van der Waals surface area contributed by atoms with E-state index in [1.54, 1.807) is 18.5 Å². The van der Waals surface area contributed by atoms with Crippen molar-refractivity contribution in [2.45, 2.75) is 24.8 Å². The summed E-state index contributed by atoms with van der Waals surface area (Å²) in [5, 5.41) is 4.97. The number of rotatable bonds is 3. The van der Waals surface area contributed by atoms with Gasteiger partial charge in [0.05, 0.1) is 16.9 Å². The average molecular weight is 293 g/mol.